The molecule has 0 saturated carbocycles. The minimum absolute atomic E-state index is 0.0910. The van der Waals surface area contributed by atoms with E-state index < -0.39 is 16.8 Å². The number of carboxylic acid groups (broad SMARTS) is 1. The average Bonchev–Trinajstić information content (AvgIpc) is 2.70. The standard InChI is InChI=1S/C11H12ClN3O3S2/c1-20(18)3-2-15-10-8(4-7(12)5-13-10)14-11(15)19-6-9(16)17/h4-5H,2-3,6H2,1H3,(H,16,17). The first-order chi connectivity index (χ1) is 9.47. The van der Waals surface area contributed by atoms with Gasteiger partial charge in [-0.2, -0.15) is 0 Å². The van der Waals surface area contributed by atoms with Gasteiger partial charge in [-0.05, 0) is 6.07 Å². The molecule has 0 aromatic carbocycles. The summed E-state index contributed by atoms with van der Waals surface area (Å²) in [5.41, 5.74) is 1.22. The topological polar surface area (TPSA) is 85.1 Å². The van der Waals surface area contributed by atoms with E-state index in [1.807, 2.05) is 0 Å². The summed E-state index contributed by atoms with van der Waals surface area (Å²) < 4.78 is 13.0. The predicted octanol–water partition coefficient (Wildman–Crippen LogP) is 1.64. The number of thioether (sulfide) groups is 1. The number of fused-ring (bicyclic) bond motifs is 1. The Hall–Kier alpha value is -1.12. The fourth-order valence-electron chi connectivity index (χ4n) is 1.62. The first-order valence-electron chi connectivity index (χ1n) is 5.64. The van der Waals surface area contributed by atoms with Gasteiger partial charge in [-0.1, -0.05) is 23.4 Å². The summed E-state index contributed by atoms with van der Waals surface area (Å²) in [6.07, 6.45) is 3.13. The third-order valence-electron chi connectivity index (χ3n) is 2.44. The van der Waals surface area contributed by atoms with Gasteiger partial charge >= 0.3 is 5.97 Å². The number of aliphatic carboxylic acids is 1. The molecule has 0 spiro atoms. The molecule has 20 heavy (non-hydrogen) atoms. The van der Waals surface area contributed by atoms with E-state index in [4.69, 9.17) is 16.7 Å². The smallest absolute Gasteiger partial charge is 0.313 e. The van der Waals surface area contributed by atoms with Crippen LogP contribution < -0.4 is 0 Å². The number of hydrogen-bond donors (Lipinski definition) is 1. The van der Waals surface area contributed by atoms with E-state index in [9.17, 15) is 9.00 Å². The first-order valence-corrected chi connectivity index (χ1v) is 8.73. The number of halogens is 1. The van der Waals surface area contributed by atoms with Crippen LogP contribution in [0.1, 0.15) is 0 Å². The Bertz CT molecular complexity index is 674. The second kappa shape index (κ2) is 6.55. The quantitative estimate of drug-likeness (QED) is 0.809. The van der Waals surface area contributed by atoms with Gasteiger partial charge in [-0.3, -0.25) is 9.00 Å². The summed E-state index contributed by atoms with van der Waals surface area (Å²) >= 11 is 6.98. The van der Waals surface area contributed by atoms with Crippen molar-refractivity contribution in [2.45, 2.75) is 11.7 Å². The van der Waals surface area contributed by atoms with Crippen molar-refractivity contribution in [2.24, 2.45) is 0 Å². The molecular formula is C11H12ClN3O3S2. The van der Waals surface area contributed by atoms with Crippen molar-refractivity contribution in [3.63, 3.8) is 0 Å². The van der Waals surface area contributed by atoms with Crippen molar-refractivity contribution < 1.29 is 14.1 Å². The molecule has 9 heteroatoms. The highest BCUT2D eigenvalue weighted by Gasteiger charge is 2.14. The van der Waals surface area contributed by atoms with E-state index in [0.29, 0.717) is 33.6 Å². The van der Waals surface area contributed by atoms with Gasteiger partial charge in [0, 0.05) is 35.5 Å². The lowest BCUT2D eigenvalue weighted by atomic mass is 10.4. The number of pyridine rings is 1. The Morgan fingerprint density at radius 3 is 3.00 bits per heavy atom. The Balaban J connectivity index is 2.39. The summed E-state index contributed by atoms with van der Waals surface area (Å²) in [7, 11) is -0.947. The molecule has 0 fully saturated rings. The lowest BCUT2D eigenvalue weighted by Crippen LogP contribution is -2.09. The molecule has 2 rings (SSSR count). The van der Waals surface area contributed by atoms with Crippen LogP contribution in [0.4, 0.5) is 0 Å². The molecule has 1 N–H and O–H groups in total. The number of aromatic nitrogens is 3. The van der Waals surface area contributed by atoms with Crippen molar-refractivity contribution in [3.8, 4) is 0 Å². The normalized spacial score (nSPS) is 12.7. The zero-order valence-corrected chi connectivity index (χ0v) is 13.0. The zero-order chi connectivity index (χ0) is 14.7. The molecule has 2 aromatic rings. The van der Waals surface area contributed by atoms with E-state index in [1.54, 1.807) is 16.9 Å². The number of imidazole rings is 1. The Labute approximate surface area is 127 Å². The maximum absolute atomic E-state index is 11.2. The number of nitrogens with zero attached hydrogens (tertiary/aromatic N) is 3. The van der Waals surface area contributed by atoms with Gasteiger partial charge in [0.25, 0.3) is 0 Å². The van der Waals surface area contributed by atoms with Gasteiger partial charge in [0.15, 0.2) is 10.8 Å². The van der Waals surface area contributed by atoms with Crippen LogP contribution in [0.15, 0.2) is 17.4 Å². The largest absolute Gasteiger partial charge is 0.481 e. The van der Waals surface area contributed by atoms with E-state index in [0.717, 1.165) is 11.8 Å². The number of aryl methyl sites for hydroxylation is 1. The molecule has 0 aliphatic rings. The summed E-state index contributed by atoms with van der Waals surface area (Å²) in [6.45, 7) is 0.468. The second-order valence-corrected chi connectivity index (χ2v) is 6.94. The lowest BCUT2D eigenvalue weighted by molar-refractivity contribution is -0.133. The van der Waals surface area contributed by atoms with Crippen molar-refractivity contribution in [1.82, 2.24) is 14.5 Å². The molecule has 108 valence electrons. The molecule has 0 amide bonds. The molecule has 2 heterocycles. The monoisotopic (exact) mass is 333 g/mol. The van der Waals surface area contributed by atoms with Crippen molar-refractivity contribution >= 4 is 51.3 Å². The van der Waals surface area contributed by atoms with Crippen LogP contribution in [0, 0.1) is 0 Å². The van der Waals surface area contributed by atoms with Crippen LogP contribution in [-0.2, 0) is 22.1 Å². The van der Waals surface area contributed by atoms with Crippen LogP contribution in [0.2, 0.25) is 5.02 Å². The van der Waals surface area contributed by atoms with Gasteiger partial charge < -0.3 is 9.67 Å². The fourth-order valence-corrected chi connectivity index (χ4v) is 2.96. The summed E-state index contributed by atoms with van der Waals surface area (Å²) in [6, 6.07) is 1.67. The molecule has 0 bridgehead atoms. The van der Waals surface area contributed by atoms with E-state index >= 15 is 0 Å². The second-order valence-electron chi connectivity index (χ2n) is 4.00. The van der Waals surface area contributed by atoms with E-state index in [1.165, 1.54) is 6.20 Å². The van der Waals surface area contributed by atoms with Crippen molar-refractivity contribution in [1.29, 1.82) is 0 Å². The Morgan fingerprint density at radius 2 is 2.35 bits per heavy atom. The van der Waals surface area contributed by atoms with Crippen LogP contribution in [0.5, 0.6) is 0 Å². The summed E-state index contributed by atoms with van der Waals surface area (Å²) in [5, 5.41) is 9.77. The lowest BCUT2D eigenvalue weighted by Gasteiger charge is -2.06. The molecule has 0 saturated heterocycles. The van der Waals surface area contributed by atoms with Crippen molar-refractivity contribution in [2.75, 3.05) is 17.8 Å². The van der Waals surface area contributed by atoms with Gasteiger partial charge in [0.05, 0.1) is 10.8 Å². The molecule has 0 aliphatic carbocycles. The fraction of sp³-hybridized carbons (Fsp3) is 0.364. The molecule has 1 atom stereocenters. The molecule has 2 aromatic heterocycles. The third kappa shape index (κ3) is 3.71. The van der Waals surface area contributed by atoms with E-state index in [-0.39, 0.29) is 5.75 Å². The highest BCUT2D eigenvalue weighted by atomic mass is 35.5. The first kappa shape index (κ1) is 15.3. The molecule has 1 unspecified atom stereocenters. The molecular weight excluding hydrogens is 322 g/mol. The Kier molecular flexibility index (Phi) is 5.00. The van der Waals surface area contributed by atoms with Gasteiger partial charge in [-0.15, -0.1) is 0 Å². The average molecular weight is 334 g/mol. The highest BCUT2D eigenvalue weighted by molar-refractivity contribution is 7.99. The number of carboxylic acids is 1. The maximum atomic E-state index is 11.2. The molecule has 0 aliphatic heterocycles. The van der Waals surface area contributed by atoms with Crippen LogP contribution in [0.25, 0.3) is 11.2 Å². The minimum atomic E-state index is -0.947. The SMILES string of the molecule is CS(=O)CCn1c(SCC(=O)O)nc2cc(Cl)cnc21. The Morgan fingerprint density at radius 1 is 1.60 bits per heavy atom. The number of carbonyl (C=O) groups is 1. The zero-order valence-electron chi connectivity index (χ0n) is 10.6. The molecule has 6 nitrogen and oxygen atoms in total. The summed E-state index contributed by atoms with van der Waals surface area (Å²) in [5.74, 6) is -0.554. The maximum Gasteiger partial charge on any atom is 0.313 e. The number of hydrogen-bond acceptors (Lipinski definition) is 5. The van der Waals surface area contributed by atoms with Crippen LogP contribution in [-0.4, -0.2) is 47.6 Å². The predicted molar refractivity (Wildman–Crippen MR) is 79.8 cm³/mol. The number of rotatable bonds is 6. The summed E-state index contributed by atoms with van der Waals surface area (Å²) in [4.78, 5) is 19.2. The van der Waals surface area contributed by atoms with Crippen molar-refractivity contribution in [3.05, 3.63) is 17.3 Å². The minimum Gasteiger partial charge on any atom is -0.481 e. The van der Waals surface area contributed by atoms with E-state index in [2.05, 4.69) is 9.97 Å². The van der Waals surface area contributed by atoms with Gasteiger partial charge in [0.2, 0.25) is 0 Å². The van der Waals surface area contributed by atoms with Gasteiger partial charge in [0.1, 0.15) is 5.52 Å². The van der Waals surface area contributed by atoms with Crippen LogP contribution >= 0.6 is 23.4 Å². The highest BCUT2D eigenvalue weighted by Crippen LogP contribution is 2.24. The van der Waals surface area contributed by atoms with Crippen LogP contribution in [0.3, 0.4) is 0 Å². The third-order valence-corrected chi connectivity index (χ3v) is 4.37. The van der Waals surface area contributed by atoms with Gasteiger partial charge in [-0.25, -0.2) is 9.97 Å². The molecule has 0 radical (unpaired) electrons.